The molecule has 0 bridgehead atoms. The van der Waals surface area contributed by atoms with Crippen LogP contribution >= 0.6 is 27.5 Å². The Morgan fingerprint density at radius 1 is 1.53 bits per heavy atom. The smallest absolute Gasteiger partial charge is 0.316 e. The lowest BCUT2D eigenvalue weighted by atomic mass is 10.1. The number of rotatable bonds is 2. The van der Waals surface area contributed by atoms with Gasteiger partial charge in [0, 0.05) is 11.0 Å². The van der Waals surface area contributed by atoms with Crippen molar-refractivity contribution in [1.82, 2.24) is 0 Å². The predicted octanol–water partition coefficient (Wildman–Crippen LogP) is 2.54. The predicted molar refractivity (Wildman–Crippen MR) is 67.2 cm³/mol. The van der Waals surface area contributed by atoms with Crippen LogP contribution in [0.25, 0.3) is 0 Å². The van der Waals surface area contributed by atoms with Crippen LogP contribution in [-0.4, -0.2) is 23.5 Å². The molecule has 1 heterocycles. The van der Waals surface area contributed by atoms with Crippen molar-refractivity contribution < 1.29 is 14.7 Å². The zero-order valence-corrected chi connectivity index (χ0v) is 11.0. The average molecular weight is 319 g/mol. The molecule has 0 spiro atoms. The number of hydrogen-bond donors (Lipinski definition) is 1. The lowest BCUT2D eigenvalue weighted by Crippen LogP contribution is -2.30. The van der Waals surface area contributed by atoms with Crippen molar-refractivity contribution in [3.05, 3.63) is 27.7 Å². The lowest BCUT2D eigenvalue weighted by molar-refractivity contribution is -0.144. The number of carbonyl (C=O) groups is 2. The van der Waals surface area contributed by atoms with Crippen molar-refractivity contribution >= 4 is 45.1 Å². The van der Waals surface area contributed by atoms with Crippen molar-refractivity contribution in [1.29, 1.82) is 0 Å². The van der Waals surface area contributed by atoms with Gasteiger partial charge in [-0.05, 0) is 24.6 Å². The normalized spacial score (nSPS) is 19.8. The van der Waals surface area contributed by atoms with E-state index in [4.69, 9.17) is 16.7 Å². The minimum atomic E-state index is -1.08. The number of halogens is 2. The summed E-state index contributed by atoms with van der Waals surface area (Å²) in [4.78, 5) is 24.2. The number of carbonyl (C=O) groups excluding carboxylic acids is 1. The molecule has 1 aliphatic rings. The van der Waals surface area contributed by atoms with Gasteiger partial charge in [0.05, 0.1) is 10.7 Å². The molecule has 1 atom stereocenters. The zero-order chi connectivity index (χ0) is 12.6. The molecule has 1 unspecified atom stereocenters. The second-order valence-corrected chi connectivity index (χ2v) is 5.09. The summed E-state index contributed by atoms with van der Waals surface area (Å²) in [5, 5.41) is 9.32. The quantitative estimate of drug-likeness (QED) is 0.853. The van der Waals surface area contributed by atoms with Crippen molar-refractivity contribution in [3.63, 3.8) is 0 Å². The minimum Gasteiger partial charge on any atom is -0.481 e. The first kappa shape index (κ1) is 12.4. The number of amides is 1. The van der Waals surface area contributed by atoms with Gasteiger partial charge in [0.15, 0.2) is 0 Å². The molecule has 90 valence electrons. The second kappa shape index (κ2) is 4.66. The van der Waals surface area contributed by atoms with E-state index in [1.807, 2.05) is 0 Å². The highest BCUT2D eigenvalue weighted by Crippen LogP contribution is 2.33. The summed E-state index contributed by atoms with van der Waals surface area (Å²) in [6.07, 6.45) is 0.316. The van der Waals surface area contributed by atoms with Crippen LogP contribution in [0.4, 0.5) is 5.69 Å². The molecule has 6 heteroatoms. The van der Waals surface area contributed by atoms with Gasteiger partial charge in [0.1, 0.15) is 5.92 Å². The highest BCUT2D eigenvalue weighted by Gasteiger charge is 2.38. The fraction of sp³-hybridized carbons (Fsp3) is 0.273. The highest BCUT2D eigenvalue weighted by atomic mass is 79.9. The van der Waals surface area contributed by atoms with Crippen LogP contribution in [0.2, 0.25) is 5.02 Å². The van der Waals surface area contributed by atoms with E-state index >= 15 is 0 Å². The van der Waals surface area contributed by atoms with Crippen LogP contribution in [0.5, 0.6) is 0 Å². The monoisotopic (exact) mass is 317 g/mol. The largest absolute Gasteiger partial charge is 0.481 e. The first-order chi connectivity index (χ1) is 8.00. The summed E-state index contributed by atoms with van der Waals surface area (Å²) in [6, 6.07) is 5.15. The lowest BCUT2D eigenvalue weighted by Gasteiger charge is -2.17. The summed E-state index contributed by atoms with van der Waals surface area (Å²) in [6.45, 7) is 0.381. The zero-order valence-electron chi connectivity index (χ0n) is 8.69. The van der Waals surface area contributed by atoms with Crippen molar-refractivity contribution in [2.45, 2.75) is 6.42 Å². The van der Waals surface area contributed by atoms with E-state index in [1.165, 1.54) is 4.90 Å². The van der Waals surface area contributed by atoms with Gasteiger partial charge in [-0.25, -0.2) is 0 Å². The topological polar surface area (TPSA) is 57.6 Å². The Morgan fingerprint density at radius 3 is 2.82 bits per heavy atom. The van der Waals surface area contributed by atoms with Gasteiger partial charge < -0.3 is 10.0 Å². The van der Waals surface area contributed by atoms with Gasteiger partial charge in [-0.15, -0.1) is 0 Å². The molecule has 0 radical (unpaired) electrons. The number of nitrogens with zero attached hydrogens (tertiary/aromatic N) is 1. The maximum absolute atomic E-state index is 11.9. The number of aliphatic carboxylic acids is 1. The Hall–Kier alpha value is -1.07. The first-order valence-electron chi connectivity index (χ1n) is 5.00. The molecule has 0 aromatic heterocycles. The molecule has 1 aliphatic heterocycles. The molecule has 1 fully saturated rings. The maximum Gasteiger partial charge on any atom is 0.316 e. The Kier molecular flexibility index (Phi) is 3.40. The minimum absolute atomic E-state index is 0.316. The van der Waals surface area contributed by atoms with Crippen LogP contribution in [0.15, 0.2) is 22.7 Å². The third-order valence-corrected chi connectivity index (χ3v) is 3.52. The number of hydrogen-bond acceptors (Lipinski definition) is 2. The van der Waals surface area contributed by atoms with Crippen molar-refractivity contribution in [2.24, 2.45) is 5.92 Å². The van der Waals surface area contributed by atoms with Crippen LogP contribution in [-0.2, 0) is 9.59 Å². The highest BCUT2D eigenvalue weighted by molar-refractivity contribution is 9.10. The van der Waals surface area contributed by atoms with E-state index in [1.54, 1.807) is 18.2 Å². The van der Waals surface area contributed by atoms with Gasteiger partial charge in [0.2, 0.25) is 5.91 Å². The number of anilines is 1. The molecular weight excluding hydrogens is 309 g/mol. The van der Waals surface area contributed by atoms with E-state index in [9.17, 15) is 9.59 Å². The van der Waals surface area contributed by atoms with E-state index < -0.39 is 17.8 Å². The van der Waals surface area contributed by atoms with Crippen molar-refractivity contribution in [3.8, 4) is 0 Å². The molecule has 1 saturated heterocycles. The standard InChI is InChI=1S/C11H9BrClNO3/c12-6-1-2-8(13)9(5-6)14-4-3-7(10(14)15)11(16)17/h1-2,5,7H,3-4H2,(H,16,17). The summed E-state index contributed by atoms with van der Waals surface area (Å²) in [5.41, 5.74) is 0.551. The van der Waals surface area contributed by atoms with Gasteiger partial charge in [0.25, 0.3) is 0 Å². The van der Waals surface area contributed by atoms with Crippen LogP contribution in [0.1, 0.15) is 6.42 Å². The molecule has 17 heavy (non-hydrogen) atoms. The van der Waals surface area contributed by atoms with Crippen LogP contribution in [0, 0.1) is 5.92 Å². The molecule has 0 aliphatic carbocycles. The fourth-order valence-corrected chi connectivity index (χ4v) is 2.41. The molecule has 1 amide bonds. The first-order valence-corrected chi connectivity index (χ1v) is 6.17. The van der Waals surface area contributed by atoms with Gasteiger partial charge >= 0.3 is 5.97 Å². The molecule has 2 rings (SSSR count). The summed E-state index contributed by atoms with van der Waals surface area (Å²) < 4.78 is 0.795. The SMILES string of the molecule is O=C(O)C1CCN(c2cc(Br)ccc2Cl)C1=O. The van der Waals surface area contributed by atoms with E-state index in [2.05, 4.69) is 15.9 Å². The molecule has 0 saturated carbocycles. The Morgan fingerprint density at radius 2 is 2.24 bits per heavy atom. The van der Waals surface area contributed by atoms with Gasteiger partial charge in [-0.3, -0.25) is 9.59 Å². The molecule has 1 aromatic rings. The van der Waals surface area contributed by atoms with Crippen molar-refractivity contribution in [2.75, 3.05) is 11.4 Å². The second-order valence-electron chi connectivity index (χ2n) is 3.77. The third kappa shape index (κ3) is 2.30. The average Bonchev–Trinajstić information content (AvgIpc) is 2.64. The van der Waals surface area contributed by atoms with E-state index in [0.29, 0.717) is 23.7 Å². The van der Waals surface area contributed by atoms with Gasteiger partial charge in [-0.2, -0.15) is 0 Å². The van der Waals surface area contributed by atoms with E-state index in [-0.39, 0.29) is 0 Å². The Bertz CT molecular complexity index is 492. The Labute approximate surface area is 111 Å². The van der Waals surface area contributed by atoms with Gasteiger partial charge in [-0.1, -0.05) is 27.5 Å². The summed E-state index contributed by atoms with van der Waals surface area (Å²) in [5.74, 6) is -2.44. The molecule has 1 N–H and O–H groups in total. The number of carboxylic acid groups (broad SMARTS) is 1. The third-order valence-electron chi connectivity index (χ3n) is 2.70. The van der Waals surface area contributed by atoms with E-state index in [0.717, 1.165) is 4.47 Å². The number of carboxylic acids is 1. The summed E-state index contributed by atoms with van der Waals surface area (Å²) >= 11 is 9.30. The fourth-order valence-electron chi connectivity index (χ4n) is 1.84. The molecule has 1 aromatic carbocycles. The Balaban J connectivity index is 2.33. The van der Waals surface area contributed by atoms with Crippen LogP contribution < -0.4 is 4.90 Å². The maximum atomic E-state index is 11.9. The summed E-state index contributed by atoms with van der Waals surface area (Å²) in [7, 11) is 0. The molecule has 4 nitrogen and oxygen atoms in total. The number of benzene rings is 1. The van der Waals surface area contributed by atoms with Crippen LogP contribution in [0.3, 0.4) is 0 Å². The molecular formula is C11H9BrClNO3.